The number of nitrogens with zero attached hydrogens (tertiary/aromatic N) is 2. The molecule has 1 aromatic carbocycles. The summed E-state index contributed by atoms with van der Waals surface area (Å²) in [7, 11) is 0. The first kappa shape index (κ1) is 17.4. The third kappa shape index (κ3) is 2.87. The standard InChI is InChI=1S/C21H28N2O3/c1-13-3-7-17(8-4-13)23-10-9-22(12-14(23)2)20(24)18-15-5-6-16(11-15)19(18)21(25)26/h3-4,7-8,14-16,18-19H,5-6,9-12H2,1-2H3,(H,25,26)/t14-,15-,16+,18-,19+/m1/s1. The molecule has 1 saturated heterocycles. The lowest BCUT2D eigenvalue weighted by molar-refractivity contribution is -0.153. The molecule has 2 bridgehead atoms. The third-order valence-corrected chi connectivity index (χ3v) is 6.79. The summed E-state index contributed by atoms with van der Waals surface area (Å²) in [4.78, 5) is 29.2. The van der Waals surface area contributed by atoms with E-state index in [1.807, 2.05) is 4.90 Å². The number of amides is 1. The molecular formula is C21H28N2O3. The van der Waals surface area contributed by atoms with Crippen molar-refractivity contribution in [3.05, 3.63) is 29.8 Å². The monoisotopic (exact) mass is 356 g/mol. The van der Waals surface area contributed by atoms with Crippen LogP contribution < -0.4 is 4.90 Å². The fourth-order valence-corrected chi connectivity index (χ4v) is 5.49. The Balaban J connectivity index is 1.46. The van der Waals surface area contributed by atoms with E-state index < -0.39 is 11.9 Å². The highest BCUT2D eigenvalue weighted by Gasteiger charge is 2.55. The molecule has 0 unspecified atom stereocenters. The van der Waals surface area contributed by atoms with E-state index >= 15 is 0 Å². The van der Waals surface area contributed by atoms with Crippen LogP contribution in [-0.4, -0.2) is 47.6 Å². The highest BCUT2D eigenvalue weighted by Crippen LogP contribution is 2.53. The van der Waals surface area contributed by atoms with Gasteiger partial charge >= 0.3 is 5.97 Å². The van der Waals surface area contributed by atoms with Crippen LogP contribution in [0.1, 0.15) is 31.7 Å². The molecule has 0 spiro atoms. The summed E-state index contributed by atoms with van der Waals surface area (Å²) in [5, 5.41) is 9.64. The summed E-state index contributed by atoms with van der Waals surface area (Å²) < 4.78 is 0. The number of carboxylic acids is 1. The van der Waals surface area contributed by atoms with Gasteiger partial charge in [-0.25, -0.2) is 0 Å². The molecule has 5 nitrogen and oxygen atoms in total. The van der Waals surface area contributed by atoms with Crippen molar-refractivity contribution >= 4 is 17.6 Å². The second-order valence-electron chi connectivity index (χ2n) is 8.39. The summed E-state index contributed by atoms with van der Waals surface area (Å²) in [5.74, 6) is -0.977. The van der Waals surface area contributed by atoms with Gasteiger partial charge in [0.15, 0.2) is 0 Å². The summed E-state index contributed by atoms with van der Waals surface area (Å²) in [6, 6.07) is 8.75. The van der Waals surface area contributed by atoms with E-state index in [0.29, 0.717) is 13.1 Å². The van der Waals surface area contributed by atoms with E-state index in [1.165, 1.54) is 11.3 Å². The highest BCUT2D eigenvalue weighted by atomic mass is 16.4. The number of anilines is 1. The molecule has 1 aromatic rings. The number of carboxylic acid groups (broad SMARTS) is 1. The van der Waals surface area contributed by atoms with Crippen molar-refractivity contribution < 1.29 is 14.7 Å². The van der Waals surface area contributed by atoms with Crippen molar-refractivity contribution in [3.63, 3.8) is 0 Å². The van der Waals surface area contributed by atoms with Crippen LogP contribution in [0, 0.1) is 30.6 Å². The van der Waals surface area contributed by atoms with Crippen molar-refractivity contribution in [1.82, 2.24) is 4.90 Å². The second kappa shape index (κ2) is 6.60. The number of carbonyl (C=O) groups is 2. The first-order valence-electron chi connectivity index (χ1n) is 9.80. The molecule has 5 heteroatoms. The van der Waals surface area contributed by atoms with Crippen molar-refractivity contribution in [2.24, 2.45) is 23.7 Å². The number of aliphatic carboxylic acids is 1. The maximum Gasteiger partial charge on any atom is 0.307 e. The molecule has 1 N–H and O–H groups in total. The lowest BCUT2D eigenvalue weighted by Crippen LogP contribution is -2.56. The van der Waals surface area contributed by atoms with E-state index in [2.05, 4.69) is 43.0 Å². The molecule has 26 heavy (non-hydrogen) atoms. The van der Waals surface area contributed by atoms with Gasteiger partial charge in [-0.05, 0) is 57.1 Å². The smallest absolute Gasteiger partial charge is 0.307 e. The molecule has 2 aliphatic carbocycles. The van der Waals surface area contributed by atoms with Crippen molar-refractivity contribution in [1.29, 1.82) is 0 Å². The van der Waals surface area contributed by atoms with Crippen LogP contribution >= 0.6 is 0 Å². The van der Waals surface area contributed by atoms with E-state index in [0.717, 1.165) is 25.8 Å². The number of piperazine rings is 1. The number of benzene rings is 1. The van der Waals surface area contributed by atoms with Crippen LogP contribution in [0.15, 0.2) is 24.3 Å². The quantitative estimate of drug-likeness (QED) is 0.905. The molecular weight excluding hydrogens is 328 g/mol. The average Bonchev–Trinajstić information content (AvgIpc) is 3.23. The Bertz CT molecular complexity index is 702. The van der Waals surface area contributed by atoms with Gasteiger partial charge in [0.05, 0.1) is 11.8 Å². The molecule has 3 fully saturated rings. The molecule has 0 radical (unpaired) electrons. The number of aryl methyl sites for hydroxylation is 1. The van der Waals surface area contributed by atoms with Crippen molar-refractivity contribution in [2.75, 3.05) is 24.5 Å². The van der Waals surface area contributed by atoms with Gasteiger partial charge in [-0.15, -0.1) is 0 Å². The predicted molar refractivity (Wildman–Crippen MR) is 100 cm³/mol. The topological polar surface area (TPSA) is 60.9 Å². The molecule has 1 aliphatic heterocycles. The normalized spacial score (nSPS) is 33.5. The summed E-state index contributed by atoms with van der Waals surface area (Å²) in [6.45, 7) is 6.38. The van der Waals surface area contributed by atoms with Crippen molar-refractivity contribution in [2.45, 2.75) is 39.2 Å². The predicted octanol–water partition coefficient (Wildman–Crippen LogP) is 2.78. The van der Waals surface area contributed by atoms with Crippen LogP contribution in [-0.2, 0) is 9.59 Å². The average molecular weight is 356 g/mol. The van der Waals surface area contributed by atoms with Gasteiger partial charge in [-0.3, -0.25) is 9.59 Å². The Hall–Kier alpha value is -2.04. The maximum atomic E-state index is 13.2. The van der Waals surface area contributed by atoms with Crippen LogP contribution in [0.3, 0.4) is 0 Å². The van der Waals surface area contributed by atoms with Gasteiger partial charge in [-0.2, -0.15) is 0 Å². The first-order chi connectivity index (χ1) is 12.5. The minimum absolute atomic E-state index is 0.0833. The number of fused-ring (bicyclic) bond motifs is 2. The fourth-order valence-electron chi connectivity index (χ4n) is 5.49. The van der Waals surface area contributed by atoms with E-state index in [9.17, 15) is 14.7 Å². The Labute approximate surface area is 155 Å². The minimum atomic E-state index is -0.776. The van der Waals surface area contributed by atoms with Gasteiger partial charge in [0, 0.05) is 31.4 Å². The number of carbonyl (C=O) groups excluding carboxylic acids is 1. The first-order valence-corrected chi connectivity index (χ1v) is 9.80. The summed E-state index contributed by atoms with van der Waals surface area (Å²) in [5.41, 5.74) is 2.43. The van der Waals surface area contributed by atoms with E-state index in [1.54, 1.807) is 0 Å². The van der Waals surface area contributed by atoms with Gasteiger partial charge in [-0.1, -0.05) is 17.7 Å². The number of hydrogen-bond acceptors (Lipinski definition) is 3. The Kier molecular flexibility index (Phi) is 4.41. The Morgan fingerprint density at radius 3 is 2.31 bits per heavy atom. The van der Waals surface area contributed by atoms with Crippen LogP contribution in [0.5, 0.6) is 0 Å². The SMILES string of the molecule is Cc1ccc(N2CCN(C(=O)[C@@H]3[C@@H]4CC[C@@H](C4)[C@@H]3C(=O)O)C[C@H]2C)cc1. The molecule has 1 amide bonds. The van der Waals surface area contributed by atoms with E-state index in [-0.39, 0.29) is 29.7 Å². The third-order valence-electron chi connectivity index (χ3n) is 6.79. The number of rotatable bonds is 3. The molecule has 140 valence electrons. The maximum absolute atomic E-state index is 13.2. The van der Waals surface area contributed by atoms with Crippen molar-refractivity contribution in [3.8, 4) is 0 Å². The zero-order valence-corrected chi connectivity index (χ0v) is 15.6. The van der Waals surface area contributed by atoms with Crippen LogP contribution in [0.4, 0.5) is 5.69 Å². The van der Waals surface area contributed by atoms with Crippen LogP contribution in [0.25, 0.3) is 0 Å². The molecule has 2 saturated carbocycles. The Morgan fingerprint density at radius 1 is 1.04 bits per heavy atom. The minimum Gasteiger partial charge on any atom is -0.481 e. The highest BCUT2D eigenvalue weighted by molar-refractivity contribution is 5.86. The van der Waals surface area contributed by atoms with E-state index in [4.69, 9.17) is 0 Å². The number of hydrogen-bond donors (Lipinski definition) is 1. The summed E-state index contributed by atoms with van der Waals surface area (Å²) in [6.07, 6.45) is 2.92. The largest absolute Gasteiger partial charge is 0.481 e. The van der Waals surface area contributed by atoms with Gasteiger partial charge in [0.25, 0.3) is 0 Å². The van der Waals surface area contributed by atoms with Crippen LogP contribution in [0.2, 0.25) is 0 Å². The lowest BCUT2D eigenvalue weighted by Gasteiger charge is -2.43. The van der Waals surface area contributed by atoms with Gasteiger partial charge < -0.3 is 14.9 Å². The zero-order chi connectivity index (χ0) is 18.4. The summed E-state index contributed by atoms with van der Waals surface area (Å²) >= 11 is 0. The Morgan fingerprint density at radius 2 is 1.69 bits per heavy atom. The molecule has 3 aliphatic rings. The molecule has 5 atom stereocenters. The molecule has 1 heterocycles. The molecule has 0 aromatic heterocycles. The van der Waals surface area contributed by atoms with Gasteiger partial charge in [0.2, 0.25) is 5.91 Å². The second-order valence-corrected chi connectivity index (χ2v) is 8.39. The molecule has 4 rings (SSSR count). The fraction of sp³-hybridized carbons (Fsp3) is 0.619. The lowest BCUT2D eigenvalue weighted by atomic mass is 9.78. The zero-order valence-electron chi connectivity index (χ0n) is 15.6. The van der Waals surface area contributed by atoms with Gasteiger partial charge in [0.1, 0.15) is 0 Å².